The molecule has 0 bridgehead atoms. The minimum atomic E-state index is -3.78. The topological polar surface area (TPSA) is 163 Å². The molecule has 6 aromatic rings. The van der Waals surface area contributed by atoms with Crippen molar-refractivity contribution in [3.63, 3.8) is 0 Å². The molecule has 1 unspecified atom stereocenters. The van der Waals surface area contributed by atoms with Gasteiger partial charge in [0.2, 0.25) is 0 Å². The zero-order valence-corrected chi connectivity index (χ0v) is 24.6. The molecule has 4 heterocycles. The molecule has 1 atom stereocenters. The number of amides is 1. The van der Waals surface area contributed by atoms with Gasteiger partial charge in [0.05, 0.1) is 22.9 Å². The molecule has 0 fully saturated rings. The largest absolute Gasteiger partial charge is 0.383 e. The van der Waals surface area contributed by atoms with E-state index in [1.807, 2.05) is 53.2 Å². The minimum absolute atomic E-state index is 0.180. The van der Waals surface area contributed by atoms with Gasteiger partial charge in [-0.25, -0.2) is 28.1 Å². The van der Waals surface area contributed by atoms with Crippen molar-refractivity contribution in [1.29, 1.82) is 0 Å². The molecule has 1 aliphatic rings. The van der Waals surface area contributed by atoms with Crippen molar-refractivity contribution in [3.05, 3.63) is 120 Å². The number of imidazole rings is 1. The molecule has 2 aromatic carbocycles. The Kier molecular flexibility index (Phi) is 6.86. The Hall–Kier alpha value is -5.82. The van der Waals surface area contributed by atoms with E-state index in [-0.39, 0.29) is 23.2 Å². The van der Waals surface area contributed by atoms with E-state index in [4.69, 9.17) is 15.7 Å². The van der Waals surface area contributed by atoms with E-state index in [9.17, 15) is 13.2 Å². The van der Waals surface area contributed by atoms with E-state index < -0.39 is 10.0 Å². The van der Waals surface area contributed by atoms with E-state index in [1.165, 1.54) is 0 Å². The first-order valence-electron chi connectivity index (χ1n) is 14.1. The molecule has 0 radical (unpaired) electrons. The molecule has 4 aromatic heterocycles. The van der Waals surface area contributed by atoms with Crippen LogP contribution in [0.5, 0.6) is 0 Å². The van der Waals surface area contributed by atoms with Crippen LogP contribution in [0.2, 0.25) is 0 Å². The molecule has 13 heteroatoms. The highest BCUT2D eigenvalue weighted by Gasteiger charge is 2.27. The number of nitrogens with zero attached hydrogens (tertiary/aromatic N) is 6. The highest BCUT2D eigenvalue weighted by molar-refractivity contribution is 7.95. The normalized spacial score (nSPS) is 14.3. The van der Waals surface area contributed by atoms with Gasteiger partial charge in [-0.1, -0.05) is 24.8 Å². The number of hydrogen-bond donors (Lipinski definition) is 3. The number of pyridine rings is 2. The zero-order valence-electron chi connectivity index (χ0n) is 23.8. The molecule has 4 N–H and O–H groups in total. The number of nitrogen functional groups attached to an aromatic ring is 1. The third-order valence-electron chi connectivity index (χ3n) is 7.72. The summed E-state index contributed by atoms with van der Waals surface area (Å²) in [6.45, 7) is 3.32. The lowest BCUT2D eigenvalue weighted by Crippen LogP contribution is -2.28. The monoisotopic (exact) mass is 617 g/mol. The van der Waals surface area contributed by atoms with Gasteiger partial charge in [-0.3, -0.25) is 14.1 Å². The molecule has 224 valence electrons. The lowest BCUT2D eigenvalue weighted by Gasteiger charge is -2.17. The number of sulfonamides is 1. The lowest BCUT2D eigenvalue weighted by molar-refractivity contribution is 0.0937. The molecule has 1 aliphatic carbocycles. The number of aryl methyl sites for hydroxylation is 1. The molecule has 7 rings (SSSR count). The first-order valence-corrected chi connectivity index (χ1v) is 15.6. The van der Waals surface area contributed by atoms with Gasteiger partial charge in [0, 0.05) is 29.7 Å². The van der Waals surface area contributed by atoms with E-state index in [0.717, 1.165) is 28.6 Å². The van der Waals surface area contributed by atoms with Crippen molar-refractivity contribution >= 4 is 38.6 Å². The number of benzene rings is 2. The van der Waals surface area contributed by atoms with Gasteiger partial charge in [-0.05, 0) is 78.6 Å². The fraction of sp³-hybridized carbons (Fsp3) is 0.0938. The van der Waals surface area contributed by atoms with Gasteiger partial charge >= 0.3 is 0 Å². The Balaban J connectivity index is 1.26. The highest BCUT2D eigenvalue weighted by Crippen LogP contribution is 2.36. The summed E-state index contributed by atoms with van der Waals surface area (Å²) in [6.07, 6.45) is 6.56. The summed E-state index contributed by atoms with van der Waals surface area (Å²) in [5, 5.41) is 8.21. The van der Waals surface area contributed by atoms with E-state index in [2.05, 4.69) is 32.8 Å². The van der Waals surface area contributed by atoms with Crippen molar-refractivity contribution < 1.29 is 13.2 Å². The van der Waals surface area contributed by atoms with Crippen molar-refractivity contribution in [2.45, 2.75) is 18.9 Å². The first kappa shape index (κ1) is 28.0. The number of anilines is 2. The Morgan fingerprint density at radius 1 is 1.02 bits per heavy atom. The van der Waals surface area contributed by atoms with Crippen molar-refractivity contribution in [1.82, 2.24) is 34.6 Å². The quantitative estimate of drug-likeness (QED) is 0.224. The predicted octanol–water partition coefficient (Wildman–Crippen LogP) is 4.55. The van der Waals surface area contributed by atoms with Crippen LogP contribution in [0, 0.1) is 0 Å². The molecule has 12 nitrogen and oxygen atoms in total. The number of aromatic nitrogens is 6. The number of fused-ring (bicyclic) bond motifs is 2. The number of nitrogens with one attached hydrogen (secondary N) is 2. The van der Waals surface area contributed by atoms with E-state index in [0.29, 0.717) is 40.6 Å². The number of hydrogen-bond acceptors (Lipinski definition) is 8. The fourth-order valence-corrected chi connectivity index (χ4v) is 6.17. The second-order valence-corrected chi connectivity index (χ2v) is 12.1. The second-order valence-electron chi connectivity index (χ2n) is 10.5. The number of nitrogens with two attached hydrogens (primary N) is 1. The van der Waals surface area contributed by atoms with Crippen molar-refractivity contribution in [2.24, 2.45) is 0 Å². The summed E-state index contributed by atoms with van der Waals surface area (Å²) in [7, 11) is -3.78. The smallest absolute Gasteiger partial charge is 0.254 e. The van der Waals surface area contributed by atoms with Gasteiger partial charge in [0.15, 0.2) is 17.3 Å². The molecule has 0 saturated heterocycles. The van der Waals surface area contributed by atoms with Crippen molar-refractivity contribution in [2.75, 3.05) is 10.5 Å². The number of carbonyl (C=O) groups is 1. The third kappa shape index (κ3) is 5.18. The van der Waals surface area contributed by atoms with Crippen LogP contribution >= 0.6 is 0 Å². The molecule has 1 amide bonds. The lowest BCUT2D eigenvalue weighted by atomic mass is 10.1. The van der Waals surface area contributed by atoms with Crippen LogP contribution in [0.4, 0.5) is 11.5 Å². The second kappa shape index (κ2) is 11.0. The van der Waals surface area contributed by atoms with Crippen molar-refractivity contribution in [3.8, 4) is 22.9 Å². The third-order valence-corrected chi connectivity index (χ3v) is 8.66. The zero-order chi connectivity index (χ0) is 31.1. The summed E-state index contributed by atoms with van der Waals surface area (Å²) in [4.78, 5) is 27.4. The predicted molar refractivity (Wildman–Crippen MR) is 171 cm³/mol. The first-order chi connectivity index (χ1) is 21.8. The summed E-state index contributed by atoms with van der Waals surface area (Å²) in [5.74, 6) is 1.20. The van der Waals surface area contributed by atoms with Crippen LogP contribution in [0.1, 0.15) is 33.9 Å². The summed E-state index contributed by atoms with van der Waals surface area (Å²) in [5.41, 5.74) is 11.6. The average molecular weight is 618 g/mol. The highest BCUT2D eigenvalue weighted by atomic mass is 32.2. The molecule has 0 saturated carbocycles. The van der Waals surface area contributed by atoms with Crippen LogP contribution in [-0.4, -0.2) is 43.6 Å². The maximum Gasteiger partial charge on any atom is 0.254 e. The van der Waals surface area contributed by atoms with Crippen LogP contribution in [0.15, 0.2) is 103 Å². The average Bonchev–Trinajstić information content (AvgIpc) is 3.80. The van der Waals surface area contributed by atoms with Gasteiger partial charge in [0.1, 0.15) is 11.3 Å². The summed E-state index contributed by atoms with van der Waals surface area (Å²) >= 11 is 0. The SMILES string of the molecule is C=CS(=O)(=O)Nc1ccccc1C(=O)NC1CCc2cc(-n3c(-c4cccnc4N)nc4ccc(-n5cccn5)nc43)ccc21. The Morgan fingerprint density at radius 3 is 2.69 bits per heavy atom. The van der Waals surface area contributed by atoms with Crippen LogP contribution in [0.3, 0.4) is 0 Å². The number of rotatable bonds is 8. The molecular formula is C32H27N9O3S. The Morgan fingerprint density at radius 2 is 1.89 bits per heavy atom. The van der Waals surface area contributed by atoms with Crippen LogP contribution in [0.25, 0.3) is 34.1 Å². The molecule has 45 heavy (non-hydrogen) atoms. The van der Waals surface area contributed by atoms with Gasteiger partial charge in [-0.15, -0.1) is 0 Å². The molecular weight excluding hydrogens is 590 g/mol. The number of carbonyl (C=O) groups excluding carboxylic acids is 1. The van der Waals surface area contributed by atoms with Crippen LogP contribution in [-0.2, 0) is 16.4 Å². The Labute approximate surface area is 258 Å². The molecule has 0 spiro atoms. The fourth-order valence-electron chi connectivity index (χ4n) is 5.61. The maximum atomic E-state index is 13.4. The van der Waals surface area contributed by atoms with E-state index in [1.54, 1.807) is 41.3 Å². The van der Waals surface area contributed by atoms with Gasteiger partial charge in [-0.2, -0.15) is 5.10 Å². The van der Waals surface area contributed by atoms with E-state index >= 15 is 0 Å². The van der Waals surface area contributed by atoms with Gasteiger partial charge in [0.25, 0.3) is 15.9 Å². The Bertz CT molecular complexity index is 2210. The van der Waals surface area contributed by atoms with Gasteiger partial charge < -0.3 is 11.1 Å². The minimum Gasteiger partial charge on any atom is -0.383 e. The number of para-hydroxylation sites is 1. The molecule has 0 aliphatic heterocycles. The maximum absolute atomic E-state index is 13.4. The summed E-state index contributed by atoms with van der Waals surface area (Å²) < 4.78 is 30.2. The summed E-state index contributed by atoms with van der Waals surface area (Å²) in [6, 6.07) is 21.5. The standard InChI is InChI=1S/C32H27N9O3S/c1-2-45(43,44)39-26-9-4-3-7-23(26)32(42)37-25-13-10-20-19-21(11-12-22(20)25)41-30(24-8-5-16-34-29(24)33)36-27-14-15-28(38-31(27)41)40-18-6-17-35-40/h2-9,11-12,14-19,25,39H,1,10,13H2,(H2,33,34)(H,37,42). The van der Waals surface area contributed by atoms with Crippen LogP contribution < -0.4 is 15.8 Å².